The van der Waals surface area contributed by atoms with E-state index in [9.17, 15) is 0 Å². The van der Waals surface area contributed by atoms with Gasteiger partial charge in [0.05, 0.1) is 0 Å². The van der Waals surface area contributed by atoms with E-state index in [2.05, 4.69) is 26.2 Å². The third-order valence-electron chi connectivity index (χ3n) is 1.44. The molecule has 0 unspecified atom stereocenters. The summed E-state index contributed by atoms with van der Waals surface area (Å²) >= 11 is 3.36. The summed E-state index contributed by atoms with van der Waals surface area (Å²) in [5.41, 5.74) is 1.55. The summed E-state index contributed by atoms with van der Waals surface area (Å²) in [5.74, 6) is 0. The molecule has 0 aliphatic heterocycles. The molecule has 1 aromatic rings. The summed E-state index contributed by atoms with van der Waals surface area (Å²) in [7, 11) is 0. The summed E-state index contributed by atoms with van der Waals surface area (Å²) in [6, 6.07) is 5.35. The molecular formula is C8H9BrN3+. The van der Waals surface area contributed by atoms with Crippen LogP contribution in [0.4, 0.5) is 11.4 Å². The van der Waals surface area contributed by atoms with Gasteiger partial charge in [0.15, 0.2) is 4.98 Å². The minimum absolute atomic E-state index is 0.545. The fourth-order valence-electron chi connectivity index (χ4n) is 0.900. The molecule has 0 aromatic heterocycles. The van der Waals surface area contributed by atoms with Gasteiger partial charge in [-0.15, -0.1) is 0 Å². The van der Waals surface area contributed by atoms with Crippen molar-refractivity contribution in [3.8, 4) is 0 Å². The highest BCUT2D eigenvalue weighted by atomic mass is 79.9. The Labute approximate surface area is 79.5 Å². The lowest BCUT2D eigenvalue weighted by Crippen LogP contribution is -1.96. The molecule has 1 aromatic carbocycles. The normalized spacial score (nSPS) is 9.08. The summed E-state index contributed by atoms with van der Waals surface area (Å²) < 4.78 is 0.902. The second-order valence-corrected chi connectivity index (χ2v) is 3.15. The van der Waals surface area contributed by atoms with E-state index in [1.165, 1.54) is 0 Å². The molecule has 1 rings (SSSR count). The SMILES string of the molecule is CCNc1ccc([N+]#N)cc1Br. The maximum atomic E-state index is 8.47. The van der Waals surface area contributed by atoms with E-state index in [1.54, 1.807) is 12.1 Å². The summed E-state index contributed by atoms with van der Waals surface area (Å²) in [6.07, 6.45) is 0. The van der Waals surface area contributed by atoms with E-state index in [1.807, 2.05) is 13.0 Å². The fraction of sp³-hybridized carbons (Fsp3) is 0.250. The zero-order valence-electron chi connectivity index (χ0n) is 6.71. The lowest BCUT2D eigenvalue weighted by Gasteiger charge is -2.02. The van der Waals surface area contributed by atoms with Crippen molar-refractivity contribution in [3.05, 3.63) is 27.6 Å². The highest BCUT2D eigenvalue weighted by Crippen LogP contribution is 2.27. The van der Waals surface area contributed by atoms with Crippen molar-refractivity contribution in [1.29, 1.82) is 5.39 Å². The van der Waals surface area contributed by atoms with Gasteiger partial charge < -0.3 is 5.32 Å². The van der Waals surface area contributed by atoms with Crippen LogP contribution in [0.25, 0.3) is 4.98 Å². The lowest BCUT2D eigenvalue weighted by molar-refractivity contribution is 1.21. The van der Waals surface area contributed by atoms with Crippen molar-refractivity contribution in [2.24, 2.45) is 0 Å². The van der Waals surface area contributed by atoms with E-state index in [0.29, 0.717) is 5.69 Å². The Balaban J connectivity index is 2.97. The molecule has 0 fully saturated rings. The molecule has 0 amide bonds. The van der Waals surface area contributed by atoms with Gasteiger partial charge in [-0.25, -0.2) is 0 Å². The summed E-state index contributed by atoms with van der Waals surface area (Å²) in [6.45, 7) is 2.89. The lowest BCUT2D eigenvalue weighted by atomic mass is 10.3. The van der Waals surface area contributed by atoms with Crippen LogP contribution in [0.15, 0.2) is 22.7 Å². The first kappa shape index (κ1) is 9.01. The van der Waals surface area contributed by atoms with Crippen molar-refractivity contribution in [2.45, 2.75) is 6.92 Å². The predicted octanol–water partition coefficient (Wildman–Crippen LogP) is 3.37. The molecule has 1 N–H and O–H groups in total. The second-order valence-electron chi connectivity index (χ2n) is 2.29. The van der Waals surface area contributed by atoms with E-state index in [0.717, 1.165) is 16.7 Å². The smallest absolute Gasteiger partial charge is 0.384 e. The van der Waals surface area contributed by atoms with Crippen molar-refractivity contribution in [2.75, 3.05) is 11.9 Å². The largest absolute Gasteiger partial charge is 0.386 e. The molecule has 0 heterocycles. The van der Waals surface area contributed by atoms with Gasteiger partial charge in [0.1, 0.15) is 0 Å². The monoisotopic (exact) mass is 226 g/mol. The van der Waals surface area contributed by atoms with E-state index < -0.39 is 0 Å². The van der Waals surface area contributed by atoms with Gasteiger partial charge in [-0.1, -0.05) is 0 Å². The van der Waals surface area contributed by atoms with Crippen LogP contribution in [0.1, 0.15) is 6.92 Å². The molecule has 0 atom stereocenters. The van der Waals surface area contributed by atoms with Gasteiger partial charge in [-0.3, -0.25) is 0 Å². The van der Waals surface area contributed by atoms with E-state index in [4.69, 9.17) is 5.39 Å². The van der Waals surface area contributed by atoms with Crippen LogP contribution in [0.2, 0.25) is 0 Å². The molecule has 0 aliphatic carbocycles. The number of hydrogen-bond donors (Lipinski definition) is 1. The minimum Gasteiger partial charge on any atom is -0.384 e. The van der Waals surface area contributed by atoms with Crippen LogP contribution in [0.5, 0.6) is 0 Å². The van der Waals surface area contributed by atoms with Gasteiger partial charge in [0, 0.05) is 28.8 Å². The number of anilines is 1. The molecule has 12 heavy (non-hydrogen) atoms. The minimum atomic E-state index is 0.545. The zero-order valence-corrected chi connectivity index (χ0v) is 8.30. The van der Waals surface area contributed by atoms with Crippen LogP contribution < -0.4 is 5.32 Å². The van der Waals surface area contributed by atoms with Crippen LogP contribution in [-0.2, 0) is 0 Å². The first-order valence-corrected chi connectivity index (χ1v) is 4.45. The highest BCUT2D eigenvalue weighted by Gasteiger charge is 2.07. The number of nitrogens with zero attached hydrogens (tertiary/aromatic N) is 2. The fourth-order valence-corrected chi connectivity index (χ4v) is 1.41. The topological polar surface area (TPSA) is 40.2 Å². The predicted molar refractivity (Wildman–Crippen MR) is 53.0 cm³/mol. The van der Waals surface area contributed by atoms with Crippen molar-refractivity contribution in [1.82, 2.24) is 0 Å². The number of rotatable bonds is 2. The average Bonchev–Trinajstić information content (AvgIpc) is 2.09. The highest BCUT2D eigenvalue weighted by molar-refractivity contribution is 9.10. The van der Waals surface area contributed by atoms with Gasteiger partial charge in [-0.05, 0) is 28.9 Å². The Hall–Kier alpha value is -1.08. The zero-order chi connectivity index (χ0) is 8.97. The molecule has 0 radical (unpaired) electrons. The molecule has 0 spiro atoms. The van der Waals surface area contributed by atoms with Crippen LogP contribution in [0, 0.1) is 5.39 Å². The van der Waals surface area contributed by atoms with E-state index in [-0.39, 0.29) is 0 Å². The average molecular weight is 227 g/mol. The Morgan fingerprint density at radius 3 is 2.83 bits per heavy atom. The third kappa shape index (κ3) is 1.95. The summed E-state index contributed by atoms with van der Waals surface area (Å²) in [5, 5.41) is 11.6. The van der Waals surface area contributed by atoms with Crippen LogP contribution >= 0.6 is 15.9 Å². The molecule has 0 saturated heterocycles. The van der Waals surface area contributed by atoms with Gasteiger partial charge in [0.2, 0.25) is 5.39 Å². The van der Waals surface area contributed by atoms with Gasteiger partial charge in [0.25, 0.3) is 0 Å². The molecular weight excluding hydrogens is 218 g/mol. The van der Waals surface area contributed by atoms with Crippen molar-refractivity contribution in [3.63, 3.8) is 0 Å². The van der Waals surface area contributed by atoms with E-state index >= 15 is 0 Å². The maximum Gasteiger partial charge on any atom is 0.386 e. The maximum absolute atomic E-state index is 8.47. The molecule has 0 bridgehead atoms. The number of hydrogen-bond acceptors (Lipinski definition) is 2. The molecule has 0 saturated carbocycles. The first-order valence-electron chi connectivity index (χ1n) is 3.66. The first-order chi connectivity index (χ1) is 5.77. The standard InChI is InChI=1S/C8H9BrN3/c1-2-11-8-4-3-6(12-10)5-7(8)9/h3-5,11H,2H2,1H3/q+1. The Bertz CT molecular complexity index is 317. The Kier molecular flexibility index (Phi) is 3.06. The second kappa shape index (κ2) is 4.07. The van der Waals surface area contributed by atoms with Crippen LogP contribution in [0.3, 0.4) is 0 Å². The number of diazo groups is 1. The number of benzene rings is 1. The van der Waals surface area contributed by atoms with Crippen molar-refractivity contribution >= 4 is 27.3 Å². The quantitative estimate of drug-likeness (QED) is 0.786. The van der Waals surface area contributed by atoms with Crippen molar-refractivity contribution < 1.29 is 0 Å². The van der Waals surface area contributed by atoms with Crippen LogP contribution in [-0.4, -0.2) is 6.54 Å². The Morgan fingerprint density at radius 1 is 1.58 bits per heavy atom. The van der Waals surface area contributed by atoms with Gasteiger partial charge in [-0.2, -0.15) is 0 Å². The molecule has 0 aliphatic rings. The van der Waals surface area contributed by atoms with Gasteiger partial charge >= 0.3 is 5.69 Å². The molecule has 62 valence electrons. The summed E-state index contributed by atoms with van der Waals surface area (Å²) in [4.78, 5) is 3.07. The molecule has 3 nitrogen and oxygen atoms in total. The number of halogens is 1. The Morgan fingerprint density at radius 2 is 2.33 bits per heavy atom. The number of nitrogens with one attached hydrogen (secondary N) is 1. The molecule has 4 heteroatoms. The third-order valence-corrected chi connectivity index (χ3v) is 2.09.